The molecule has 2 atom stereocenters. The van der Waals surface area contributed by atoms with Crippen LogP contribution in [0.15, 0.2) is 168 Å². The van der Waals surface area contributed by atoms with Crippen LogP contribution in [0.25, 0.3) is 49.5 Å². The van der Waals surface area contributed by atoms with Crippen molar-refractivity contribution in [3.63, 3.8) is 0 Å². The fourth-order valence-electron chi connectivity index (χ4n) is 8.28. The van der Waals surface area contributed by atoms with E-state index in [2.05, 4.69) is 140 Å². The quantitative estimate of drug-likeness (QED) is 0.146. The number of aromatic nitrogens is 1. The number of pyridine rings is 1. The van der Waals surface area contributed by atoms with Crippen molar-refractivity contribution in [3.8, 4) is 16.9 Å². The van der Waals surface area contributed by atoms with Crippen molar-refractivity contribution in [1.29, 1.82) is 0 Å². The van der Waals surface area contributed by atoms with E-state index in [-0.39, 0.29) is 12.0 Å². The fourth-order valence-corrected chi connectivity index (χ4v) is 8.28. The first-order valence-electron chi connectivity index (χ1n) is 19.0. The van der Waals surface area contributed by atoms with Gasteiger partial charge in [0.25, 0.3) is 0 Å². The molecule has 1 aromatic heterocycles. The van der Waals surface area contributed by atoms with Crippen LogP contribution in [0, 0.1) is 0 Å². The summed E-state index contributed by atoms with van der Waals surface area (Å²) in [6.45, 7) is 4.06. The zero-order valence-electron chi connectivity index (χ0n) is 31.9. The molecule has 0 saturated carbocycles. The Morgan fingerprint density at radius 3 is 1.77 bits per heavy atom. The van der Waals surface area contributed by atoms with Crippen LogP contribution in [-0.2, 0) is 4.74 Å². The minimum absolute atomic E-state index is 0.0379. The fraction of sp³-hybridized carbons (Fsp3) is 0.118. The maximum atomic E-state index is 6.13. The minimum Gasteiger partial charge on any atom is -0.496 e. The van der Waals surface area contributed by atoms with E-state index in [4.69, 9.17) is 24.4 Å². The first-order valence-corrected chi connectivity index (χ1v) is 19.0. The number of ether oxygens (including phenoxy) is 2. The summed E-state index contributed by atoms with van der Waals surface area (Å²) in [5, 5.41) is 6.84. The van der Waals surface area contributed by atoms with Crippen molar-refractivity contribution in [3.05, 3.63) is 186 Å². The number of hydrogen-bond donors (Lipinski definition) is 0. The van der Waals surface area contributed by atoms with Gasteiger partial charge in [-0.2, -0.15) is 0 Å². The van der Waals surface area contributed by atoms with E-state index in [1.165, 1.54) is 16.5 Å². The lowest BCUT2D eigenvalue weighted by Gasteiger charge is -2.31. The number of benzene rings is 7. The summed E-state index contributed by atoms with van der Waals surface area (Å²) in [6.07, 6.45) is 4.19. The van der Waals surface area contributed by atoms with Gasteiger partial charge in [0.1, 0.15) is 5.75 Å². The molecule has 0 N–H and O–H groups in total. The first-order chi connectivity index (χ1) is 27.5. The predicted octanol–water partition coefficient (Wildman–Crippen LogP) is 12.7. The van der Waals surface area contributed by atoms with Crippen LogP contribution in [0.3, 0.4) is 0 Å². The molecule has 0 saturated heterocycles. The summed E-state index contributed by atoms with van der Waals surface area (Å²) in [5.74, 6) is 0.766. The van der Waals surface area contributed by atoms with E-state index in [1.54, 1.807) is 14.2 Å². The second-order valence-electron chi connectivity index (χ2n) is 14.2. The molecular weight excluding hydrogens is 687 g/mol. The number of nitrogens with zero attached hydrogens (tertiary/aromatic N) is 3. The molecule has 7 aromatic carbocycles. The molecule has 1 heterocycles. The van der Waals surface area contributed by atoms with Gasteiger partial charge in [0.15, 0.2) is 0 Å². The molecule has 2 unspecified atom stereocenters. The zero-order chi connectivity index (χ0) is 38.2. The van der Waals surface area contributed by atoms with Gasteiger partial charge in [-0.3, -0.25) is 9.98 Å². The number of aliphatic imine (C=N–C) groups is 2. The van der Waals surface area contributed by atoms with E-state index in [1.807, 2.05) is 38.1 Å². The third-order valence-corrected chi connectivity index (χ3v) is 11.0. The lowest BCUT2D eigenvalue weighted by Crippen LogP contribution is -2.23. The average molecular weight is 728 g/mol. The molecule has 5 nitrogen and oxygen atoms in total. The van der Waals surface area contributed by atoms with Crippen molar-refractivity contribution >= 4 is 61.2 Å². The van der Waals surface area contributed by atoms with Crippen molar-refractivity contribution in [2.75, 3.05) is 14.2 Å². The van der Waals surface area contributed by atoms with Gasteiger partial charge in [0.2, 0.25) is 0 Å². The molecule has 8 aromatic rings. The second-order valence-corrected chi connectivity index (χ2v) is 14.2. The van der Waals surface area contributed by atoms with Gasteiger partial charge in [0.05, 0.1) is 47.4 Å². The highest BCUT2D eigenvalue weighted by atomic mass is 16.5. The van der Waals surface area contributed by atoms with Crippen LogP contribution < -0.4 is 4.74 Å². The van der Waals surface area contributed by atoms with E-state index in [0.717, 1.165) is 83.6 Å². The maximum absolute atomic E-state index is 6.13. The van der Waals surface area contributed by atoms with Gasteiger partial charge in [-0.25, -0.2) is 4.98 Å². The Morgan fingerprint density at radius 1 is 0.536 bits per heavy atom. The molecule has 0 aliphatic heterocycles. The van der Waals surface area contributed by atoms with Gasteiger partial charge in [0, 0.05) is 24.2 Å². The molecule has 1 aliphatic carbocycles. The molecule has 9 rings (SSSR count). The summed E-state index contributed by atoms with van der Waals surface area (Å²) in [6, 6.07) is 52.8. The Bertz CT molecular complexity index is 2890. The summed E-state index contributed by atoms with van der Waals surface area (Å²) < 4.78 is 12.1. The van der Waals surface area contributed by atoms with Gasteiger partial charge in [-0.05, 0) is 93.2 Å². The van der Waals surface area contributed by atoms with Crippen LogP contribution in [0.5, 0.6) is 5.75 Å². The van der Waals surface area contributed by atoms with Crippen LogP contribution in [-0.4, -0.2) is 36.7 Å². The van der Waals surface area contributed by atoms with Crippen LogP contribution in [0.4, 0.5) is 11.4 Å². The maximum Gasteiger partial charge on any atom is 0.127 e. The van der Waals surface area contributed by atoms with Gasteiger partial charge in [-0.1, -0.05) is 133 Å². The average Bonchev–Trinajstić information content (AvgIpc) is 3.25. The largest absolute Gasteiger partial charge is 0.496 e. The summed E-state index contributed by atoms with van der Waals surface area (Å²) >= 11 is 0. The van der Waals surface area contributed by atoms with E-state index < -0.39 is 0 Å². The van der Waals surface area contributed by atoms with Crippen molar-refractivity contribution < 1.29 is 9.47 Å². The van der Waals surface area contributed by atoms with Crippen molar-refractivity contribution in [1.82, 2.24) is 4.98 Å². The Hall–Kier alpha value is -6.69. The lowest BCUT2D eigenvalue weighted by molar-refractivity contribution is 0.127. The Labute approximate surface area is 327 Å². The second kappa shape index (κ2) is 14.9. The molecule has 56 heavy (non-hydrogen) atoms. The van der Waals surface area contributed by atoms with Crippen molar-refractivity contribution in [2.24, 2.45) is 9.98 Å². The number of rotatable bonds is 8. The van der Waals surface area contributed by atoms with Crippen LogP contribution >= 0.6 is 0 Å². The molecule has 5 heteroatoms. The van der Waals surface area contributed by atoms with Gasteiger partial charge in [-0.15, -0.1) is 0 Å². The van der Waals surface area contributed by atoms with Crippen LogP contribution in [0.1, 0.15) is 47.8 Å². The Balaban J connectivity index is 1.16. The lowest BCUT2D eigenvalue weighted by atomic mass is 9.78. The molecule has 0 fully saturated rings. The van der Waals surface area contributed by atoms with Gasteiger partial charge < -0.3 is 9.47 Å². The number of hydrogen-bond acceptors (Lipinski definition) is 5. The van der Waals surface area contributed by atoms with E-state index in [0.29, 0.717) is 0 Å². The summed E-state index contributed by atoms with van der Waals surface area (Å²) in [5.41, 5.74) is 10.6. The highest BCUT2D eigenvalue weighted by Crippen LogP contribution is 2.46. The highest BCUT2D eigenvalue weighted by molar-refractivity contribution is 6.13. The molecule has 0 spiro atoms. The van der Waals surface area contributed by atoms with Gasteiger partial charge >= 0.3 is 0 Å². The Kier molecular flexibility index (Phi) is 9.30. The molecule has 1 aliphatic rings. The first kappa shape index (κ1) is 35.0. The molecule has 272 valence electrons. The SMILES string of the molecule is COc1ccc2ccccc2c1-c1c(N=C(C)c2cccc(C(C)=Nc3ccc4ccccc4c3C3c4ccccc4C=CC3OC)n2)ccc2ccccc12. The standard InChI is InChI=1S/C51H41N3O2/c1-32(52-44-28-24-34-14-5-9-18-38(34)48(44)50-40-20-11-7-16-36(40)26-30-46(50)55-3)42-22-13-23-43(54-42)33(2)53-45-29-25-35-15-6-10-19-39(35)49(45)51-41-21-12-8-17-37(41)27-31-47(51)56-4/h5-31,46,50H,1-4H3. The highest BCUT2D eigenvalue weighted by Gasteiger charge is 2.31. The predicted molar refractivity (Wildman–Crippen MR) is 233 cm³/mol. The molecule has 0 bridgehead atoms. The number of methoxy groups -OCH3 is 2. The third-order valence-electron chi connectivity index (χ3n) is 11.0. The topological polar surface area (TPSA) is 56.1 Å². The van der Waals surface area contributed by atoms with Crippen LogP contribution in [0.2, 0.25) is 0 Å². The Morgan fingerprint density at radius 2 is 1.09 bits per heavy atom. The molecule has 0 amide bonds. The zero-order valence-corrected chi connectivity index (χ0v) is 31.9. The summed E-state index contributed by atoms with van der Waals surface area (Å²) in [7, 11) is 3.52. The monoisotopic (exact) mass is 727 g/mol. The third kappa shape index (κ3) is 6.26. The molecular formula is C51H41N3O2. The molecule has 0 radical (unpaired) electrons. The number of fused-ring (bicyclic) bond motifs is 4. The van der Waals surface area contributed by atoms with E-state index >= 15 is 0 Å². The van der Waals surface area contributed by atoms with E-state index in [9.17, 15) is 0 Å². The normalized spacial score (nSPS) is 15.7. The smallest absolute Gasteiger partial charge is 0.127 e. The summed E-state index contributed by atoms with van der Waals surface area (Å²) in [4.78, 5) is 15.8. The van der Waals surface area contributed by atoms with Crippen molar-refractivity contribution in [2.45, 2.75) is 25.9 Å². The minimum atomic E-state index is -0.140.